The lowest BCUT2D eigenvalue weighted by molar-refractivity contribution is -0.116. The first-order valence-corrected chi connectivity index (χ1v) is 9.43. The van der Waals surface area contributed by atoms with E-state index in [9.17, 15) is 19.5 Å². The molecule has 0 atom stereocenters. The highest BCUT2D eigenvalue weighted by molar-refractivity contribution is 7.17. The van der Waals surface area contributed by atoms with Crippen LogP contribution in [0.2, 0.25) is 10.0 Å². The number of nitrogens with zero attached hydrogens (tertiary/aromatic N) is 2. The first-order valence-electron chi connectivity index (χ1n) is 7.80. The number of aromatic carboxylic acids is 1. The predicted molar refractivity (Wildman–Crippen MR) is 105 cm³/mol. The molecule has 0 saturated heterocycles. The molecule has 2 N–H and O–H groups in total. The number of benzene rings is 1. The van der Waals surface area contributed by atoms with Crippen molar-refractivity contribution in [3.8, 4) is 0 Å². The van der Waals surface area contributed by atoms with Crippen molar-refractivity contribution in [2.24, 2.45) is 0 Å². The van der Waals surface area contributed by atoms with Gasteiger partial charge in [-0.3, -0.25) is 14.2 Å². The van der Waals surface area contributed by atoms with Crippen LogP contribution in [0, 0.1) is 0 Å². The maximum atomic E-state index is 12.8. The lowest BCUT2D eigenvalue weighted by Crippen LogP contribution is -2.31. The molecule has 10 heteroatoms. The molecule has 1 amide bonds. The number of nitrogens with one attached hydrogen (secondary N) is 1. The smallest absolute Gasteiger partial charge is 0.337 e. The summed E-state index contributed by atoms with van der Waals surface area (Å²) in [5, 5.41) is 14.0. The maximum Gasteiger partial charge on any atom is 0.337 e. The molecule has 3 aromatic rings. The zero-order valence-corrected chi connectivity index (χ0v) is 16.3. The molecule has 0 bridgehead atoms. The number of anilines is 1. The van der Waals surface area contributed by atoms with E-state index < -0.39 is 17.4 Å². The number of carbonyl (C=O) groups is 2. The number of amides is 1. The Morgan fingerprint density at radius 2 is 1.93 bits per heavy atom. The number of halogens is 2. The summed E-state index contributed by atoms with van der Waals surface area (Å²) in [5.74, 6) is -1.31. The van der Waals surface area contributed by atoms with Crippen molar-refractivity contribution in [3.63, 3.8) is 0 Å². The number of carboxylic acids is 1. The normalized spacial score (nSPS) is 10.9. The summed E-state index contributed by atoms with van der Waals surface area (Å²) in [7, 11) is 0. The number of aromatic nitrogens is 2. The van der Waals surface area contributed by atoms with E-state index in [1.807, 2.05) is 0 Å². The molecule has 0 unspecified atom stereocenters. The van der Waals surface area contributed by atoms with Crippen molar-refractivity contribution in [2.75, 3.05) is 5.32 Å². The molecule has 0 saturated carbocycles. The Morgan fingerprint density at radius 1 is 1.26 bits per heavy atom. The molecular weight excluding hydrogens is 413 g/mol. The minimum atomic E-state index is -1.21. The number of hydrogen-bond donors (Lipinski definition) is 2. The fraction of sp³-hybridized carbons (Fsp3) is 0.176. The first kappa shape index (κ1) is 19.3. The van der Waals surface area contributed by atoms with Gasteiger partial charge in [-0.05, 0) is 18.2 Å². The van der Waals surface area contributed by atoms with Gasteiger partial charge >= 0.3 is 5.97 Å². The molecule has 2 aromatic heterocycles. The van der Waals surface area contributed by atoms with Gasteiger partial charge in [0.15, 0.2) is 0 Å². The van der Waals surface area contributed by atoms with Crippen LogP contribution in [-0.4, -0.2) is 26.5 Å². The van der Waals surface area contributed by atoms with E-state index in [0.29, 0.717) is 32.8 Å². The van der Waals surface area contributed by atoms with Crippen molar-refractivity contribution in [1.82, 2.24) is 9.55 Å². The van der Waals surface area contributed by atoms with Crippen molar-refractivity contribution < 1.29 is 14.7 Å². The monoisotopic (exact) mass is 425 g/mol. The van der Waals surface area contributed by atoms with Gasteiger partial charge in [-0.15, -0.1) is 11.3 Å². The molecule has 3 rings (SSSR count). The highest BCUT2D eigenvalue weighted by atomic mass is 35.5. The zero-order valence-electron chi connectivity index (χ0n) is 14.0. The van der Waals surface area contributed by atoms with Crippen LogP contribution in [0.4, 0.5) is 5.69 Å². The summed E-state index contributed by atoms with van der Waals surface area (Å²) >= 11 is 12.9. The number of thiophene rings is 1. The van der Waals surface area contributed by atoms with E-state index in [2.05, 4.69) is 10.3 Å². The van der Waals surface area contributed by atoms with Crippen LogP contribution in [0.1, 0.15) is 23.1 Å². The molecule has 27 heavy (non-hydrogen) atoms. The van der Waals surface area contributed by atoms with Crippen LogP contribution >= 0.6 is 34.5 Å². The lowest BCUT2D eigenvalue weighted by atomic mass is 10.2. The van der Waals surface area contributed by atoms with Gasteiger partial charge < -0.3 is 10.4 Å². The van der Waals surface area contributed by atoms with Crippen molar-refractivity contribution in [2.45, 2.75) is 19.9 Å². The van der Waals surface area contributed by atoms with Crippen molar-refractivity contribution >= 4 is 62.3 Å². The molecule has 140 valence electrons. The van der Waals surface area contributed by atoms with E-state index in [0.717, 1.165) is 11.3 Å². The molecule has 2 heterocycles. The molecule has 0 radical (unpaired) electrons. The molecule has 1 aromatic carbocycles. The number of aryl methyl sites for hydroxylation is 1. The Labute approximate surface area is 167 Å². The molecular formula is C17H13Cl2N3O4S. The van der Waals surface area contributed by atoms with Gasteiger partial charge in [0.2, 0.25) is 5.91 Å². The van der Waals surface area contributed by atoms with Crippen LogP contribution < -0.4 is 10.9 Å². The quantitative estimate of drug-likeness (QED) is 0.649. The average Bonchev–Trinajstić information content (AvgIpc) is 3.00. The van der Waals surface area contributed by atoms with Crippen LogP contribution in [-0.2, 0) is 17.8 Å². The highest BCUT2D eigenvalue weighted by Crippen LogP contribution is 2.23. The fourth-order valence-corrected chi connectivity index (χ4v) is 4.07. The van der Waals surface area contributed by atoms with Gasteiger partial charge in [0, 0.05) is 27.5 Å². The molecule has 7 nitrogen and oxygen atoms in total. The molecule has 0 aliphatic carbocycles. The number of rotatable bonds is 5. The lowest BCUT2D eigenvalue weighted by Gasteiger charge is -2.12. The number of carbonyl (C=O) groups excluding carboxylic acids is 1. The third-order valence-corrected chi connectivity index (χ3v) is 5.08. The van der Waals surface area contributed by atoms with E-state index >= 15 is 0 Å². The average molecular weight is 426 g/mol. The minimum absolute atomic E-state index is 0.00306. The van der Waals surface area contributed by atoms with Gasteiger partial charge in [-0.25, -0.2) is 9.78 Å². The second-order valence-electron chi connectivity index (χ2n) is 5.61. The van der Waals surface area contributed by atoms with Gasteiger partial charge in [0.05, 0.1) is 10.9 Å². The molecule has 0 aliphatic heterocycles. The number of hydrogen-bond acceptors (Lipinski definition) is 5. The van der Waals surface area contributed by atoms with Crippen molar-refractivity contribution in [3.05, 3.63) is 55.4 Å². The van der Waals surface area contributed by atoms with Gasteiger partial charge in [-0.1, -0.05) is 30.1 Å². The van der Waals surface area contributed by atoms with E-state index in [1.165, 1.54) is 28.1 Å². The topological polar surface area (TPSA) is 101 Å². The number of carboxylic acid groups (broad SMARTS) is 1. The van der Waals surface area contributed by atoms with Crippen LogP contribution in [0.5, 0.6) is 0 Å². The van der Waals surface area contributed by atoms with E-state index in [1.54, 1.807) is 6.92 Å². The predicted octanol–water partition coefficient (Wildman–Crippen LogP) is 3.66. The second kappa shape index (κ2) is 7.67. The Bertz CT molecular complexity index is 1100. The molecule has 0 spiro atoms. The largest absolute Gasteiger partial charge is 0.478 e. The summed E-state index contributed by atoms with van der Waals surface area (Å²) < 4.78 is 1.18. The van der Waals surface area contributed by atoms with Gasteiger partial charge in [0.25, 0.3) is 5.56 Å². The first-order chi connectivity index (χ1) is 12.8. The summed E-state index contributed by atoms with van der Waals surface area (Å²) in [6.45, 7) is 1.48. The Balaban J connectivity index is 1.99. The minimum Gasteiger partial charge on any atom is -0.478 e. The summed E-state index contributed by atoms with van der Waals surface area (Å²) in [4.78, 5) is 41.3. The second-order valence-corrected chi connectivity index (χ2v) is 7.34. The number of fused-ring (bicyclic) bond motifs is 1. The van der Waals surface area contributed by atoms with Gasteiger partial charge in [0.1, 0.15) is 17.2 Å². The van der Waals surface area contributed by atoms with Crippen molar-refractivity contribution in [1.29, 1.82) is 0 Å². The summed E-state index contributed by atoms with van der Waals surface area (Å²) in [6, 6.07) is 4.58. The van der Waals surface area contributed by atoms with Crippen LogP contribution in [0.15, 0.2) is 28.4 Å². The third kappa shape index (κ3) is 3.97. The molecule has 0 aliphatic rings. The highest BCUT2D eigenvalue weighted by Gasteiger charge is 2.20. The molecule has 0 fully saturated rings. The standard InChI is InChI=1S/C17H13Cl2N3O4S/c1-2-12-21-15-14(11(7-27-15)17(25)26)16(24)22(12)6-13(23)20-10-4-8(18)3-9(19)5-10/h3-5,7H,2,6H2,1H3,(H,20,23)(H,25,26). The third-order valence-electron chi connectivity index (χ3n) is 3.77. The Hall–Kier alpha value is -2.42. The maximum absolute atomic E-state index is 12.8. The zero-order chi connectivity index (χ0) is 19.7. The Morgan fingerprint density at radius 3 is 2.52 bits per heavy atom. The summed E-state index contributed by atoms with van der Waals surface area (Å²) in [5.41, 5.74) is -0.292. The fourth-order valence-electron chi connectivity index (χ4n) is 2.63. The van der Waals surface area contributed by atoms with Gasteiger partial charge in [-0.2, -0.15) is 0 Å². The van der Waals surface area contributed by atoms with E-state index in [-0.39, 0.29) is 17.5 Å². The van der Waals surface area contributed by atoms with Crippen LogP contribution in [0.3, 0.4) is 0 Å². The Kier molecular flexibility index (Phi) is 5.50. The van der Waals surface area contributed by atoms with Crippen LogP contribution in [0.25, 0.3) is 10.2 Å². The van der Waals surface area contributed by atoms with E-state index in [4.69, 9.17) is 23.2 Å². The summed E-state index contributed by atoms with van der Waals surface area (Å²) in [6.07, 6.45) is 0.405. The SMILES string of the molecule is CCc1nc2scc(C(=O)O)c2c(=O)n1CC(=O)Nc1cc(Cl)cc(Cl)c1.